The summed E-state index contributed by atoms with van der Waals surface area (Å²) in [5.74, 6) is -0.120. The predicted molar refractivity (Wildman–Crippen MR) is 61.8 cm³/mol. The Bertz CT molecular complexity index is 326. The van der Waals surface area contributed by atoms with Crippen LogP contribution in [0.1, 0.15) is 34.6 Å². The van der Waals surface area contributed by atoms with Crippen molar-refractivity contribution in [1.29, 1.82) is 0 Å². The summed E-state index contributed by atoms with van der Waals surface area (Å²) in [5, 5.41) is 0. The van der Waals surface area contributed by atoms with Gasteiger partial charge in [-0.15, -0.1) is 0 Å². The Morgan fingerprint density at radius 1 is 1.31 bits per heavy atom. The molecule has 1 aliphatic rings. The van der Waals surface area contributed by atoms with E-state index in [9.17, 15) is 9.59 Å². The van der Waals surface area contributed by atoms with Crippen LogP contribution >= 0.6 is 0 Å². The molecular formula is C13H20O3. The molecule has 2 atom stereocenters. The quantitative estimate of drug-likeness (QED) is 0.544. The van der Waals surface area contributed by atoms with E-state index in [0.717, 1.165) is 0 Å². The number of esters is 1. The molecule has 0 aliphatic heterocycles. The van der Waals surface area contributed by atoms with Crippen LogP contribution in [0.4, 0.5) is 0 Å². The normalized spacial score (nSPS) is 27.1. The minimum atomic E-state index is -0.154. The van der Waals surface area contributed by atoms with E-state index in [1.54, 1.807) is 0 Å². The fourth-order valence-electron chi connectivity index (χ4n) is 2.03. The molecule has 0 unspecified atom stereocenters. The average molecular weight is 224 g/mol. The second-order valence-corrected chi connectivity index (χ2v) is 5.28. The molecule has 0 bridgehead atoms. The van der Waals surface area contributed by atoms with E-state index in [4.69, 9.17) is 4.74 Å². The van der Waals surface area contributed by atoms with Gasteiger partial charge in [-0.3, -0.25) is 9.59 Å². The minimum Gasteiger partial charge on any atom is -0.463 e. The van der Waals surface area contributed by atoms with Crippen LogP contribution in [0.5, 0.6) is 0 Å². The summed E-state index contributed by atoms with van der Waals surface area (Å²) in [6.07, 6.45) is 3.28. The molecule has 0 radical (unpaired) electrons. The predicted octanol–water partition coefficient (Wildman–Crippen LogP) is 2.36. The van der Waals surface area contributed by atoms with E-state index in [1.807, 2.05) is 33.8 Å². The van der Waals surface area contributed by atoms with Gasteiger partial charge in [0.2, 0.25) is 0 Å². The smallest absolute Gasteiger partial charge is 0.310 e. The Kier molecular flexibility index (Phi) is 3.56. The van der Waals surface area contributed by atoms with E-state index in [1.165, 1.54) is 13.0 Å². The summed E-state index contributed by atoms with van der Waals surface area (Å²) in [4.78, 5) is 22.6. The van der Waals surface area contributed by atoms with Crippen molar-refractivity contribution in [3.63, 3.8) is 0 Å². The number of ether oxygens (including phenoxy) is 1. The second kappa shape index (κ2) is 4.40. The van der Waals surface area contributed by atoms with Crippen molar-refractivity contribution in [3.8, 4) is 0 Å². The highest BCUT2D eigenvalue weighted by atomic mass is 16.5. The van der Waals surface area contributed by atoms with Crippen LogP contribution in [0.2, 0.25) is 0 Å². The van der Waals surface area contributed by atoms with Crippen LogP contribution in [0.3, 0.4) is 0 Å². The zero-order valence-electron chi connectivity index (χ0n) is 10.6. The molecule has 0 N–H and O–H groups in total. The third-order valence-electron chi connectivity index (χ3n) is 3.05. The average Bonchev–Trinajstić information content (AvgIpc) is 2.63. The van der Waals surface area contributed by atoms with Gasteiger partial charge in [0.1, 0.15) is 0 Å². The number of allylic oxidation sites excluding steroid dienone is 2. The fraction of sp³-hybridized carbons (Fsp3) is 0.692. The number of ketones is 1. The molecule has 3 heteroatoms. The molecule has 1 aliphatic carbocycles. The van der Waals surface area contributed by atoms with Gasteiger partial charge in [-0.25, -0.2) is 0 Å². The number of rotatable bonds is 4. The van der Waals surface area contributed by atoms with Crippen molar-refractivity contribution in [2.24, 2.45) is 17.3 Å². The first-order valence-corrected chi connectivity index (χ1v) is 5.66. The summed E-state index contributed by atoms with van der Waals surface area (Å²) in [6.45, 7) is 9.23. The maximum absolute atomic E-state index is 11.7. The lowest BCUT2D eigenvalue weighted by Gasteiger charge is -2.08. The fourth-order valence-corrected chi connectivity index (χ4v) is 2.03. The molecule has 1 rings (SSSR count). The van der Waals surface area contributed by atoms with Crippen molar-refractivity contribution in [3.05, 3.63) is 12.2 Å². The maximum atomic E-state index is 11.7. The molecule has 1 saturated carbocycles. The Morgan fingerprint density at radius 3 is 2.31 bits per heavy atom. The van der Waals surface area contributed by atoms with Crippen LogP contribution in [0.15, 0.2) is 12.2 Å². The Balaban J connectivity index is 2.63. The lowest BCUT2D eigenvalue weighted by molar-refractivity contribution is -0.150. The van der Waals surface area contributed by atoms with Gasteiger partial charge in [-0.05, 0) is 38.2 Å². The van der Waals surface area contributed by atoms with Crippen LogP contribution in [-0.2, 0) is 14.3 Å². The van der Waals surface area contributed by atoms with Crippen LogP contribution in [0, 0.1) is 17.3 Å². The molecule has 0 aromatic carbocycles. The van der Waals surface area contributed by atoms with Gasteiger partial charge in [-0.2, -0.15) is 0 Å². The molecular weight excluding hydrogens is 204 g/mol. The molecule has 0 aromatic heterocycles. The summed E-state index contributed by atoms with van der Waals surface area (Å²) in [6, 6.07) is 0. The zero-order valence-corrected chi connectivity index (χ0v) is 10.6. The Hall–Kier alpha value is -1.12. The standard InChI is InChI=1S/C13H20O3/c1-8(2)16-12(15)11-10(13(11,4)5)7-6-9(3)14/h6-8,10-11H,1-5H3/t10-,11+/m1/s1. The van der Waals surface area contributed by atoms with E-state index < -0.39 is 0 Å². The molecule has 0 heterocycles. The molecule has 0 saturated heterocycles. The molecule has 16 heavy (non-hydrogen) atoms. The van der Waals surface area contributed by atoms with Crippen molar-refractivity contribution >= 4 is 11.8 Å². The van der Waals surface area contributed by atoms with Gasteiger partial charge in [0.15, 0.2) is 5.78 Å². The van der Waals surface area contributed by atoms with Gasteiger partial charge in [0, 0.05) is 0 Å². The highest BCUT2D eigenvalue weighted by Crippen LogP contribution is 2.59. The van der Waals surface area contributed by atoms with E-state index in [2.05, 4.69) is 0 Å². The molecule has 90 valence electrons. The summed E-state index contributed by atoms with van der Waals surface area (Å²) >= 11 is 0. The molecule has 0 aromatic rings. The van der Waals surface area contributed by atoms with Gasteiger partial charge in [0.25, 0.3) is 0 Å². The molecule has 0 spiro atoms. The monoisotopic (exact) mass is 224 g/mol. The number of hydrogen-bond donors (Lipinski definition) is 0. The topological polar surface area (TPSA) is 43.4 Å². The zero-order chi connectivity index (χ0) is 12.5. The molecule has 3 nitrogen and oxygen atoms in total. The Morgan fingerprint density at radius 2 is 1.88 bits per heavy atom. The van der Waals surface area contributed by atoms with Crippen LogP contribution in [0.25, 0.3) is 0 Å². The summed E-state index contributed by atoms with van der Waals surface area (Å²) < 4.78 is 5.19. The first kappa shape index (κ1) is 12.9. The third-order valence-corrected chi connectivity index (χ3v) is 3.05. The highest BCUT2D eigenvalue weighted by Gasteiger charge is 2.61. The second-order valence-electron chi connectivity index (χ2n) is 5.28. The number of carbonyl (C=O) groups excluding carboxylic acids is 2. The first-order chi connectivity index (χ1) is 7.26. The third kappa shape index (κ3) is 2.71. The maximum Gasteiger partial charge on any atom is 0.310 e. The number of carbonyl (C=O) groups is 2. The van der Waals surface area contributed by atoms with Crippen LogP contribution in [-0.4, -0.2) is 17.9 Å². The van der Waals surface area contributed by atoms with Gasteiger partial charge in [-0.1, -0.05) is 19.9 Å². The van der Waals surface area contributed by atoms with Gasteiger partial charge < -0.3 is 4.74 Å². The summed E-state index contributed by atoms with van der Waals surface area (Å²) in [5.41, 5.74) is -0.0854. The van der Waals surface area contributed by atoms with E-state index in [-0.39, 0.29) is 35.1 Å². The summed E-state index contributed by atoms with van der Waals surface area (Å²) in [7, 11) is 0. The number of hydrogen-bond acceptors (Lipinski definition) is 3. The highest BCUT2D eigenvalue weighted by molar-refractivity contribution is 5.87. The largest absolute Gasteiger partial charge is 0.463 e. The Labute approximate surface area is 96.9 Å². The first-order valence-electron chi connectivity index (χ1n) is 5.66. The molecule has 1 fully saturated rings. The van der Waals surface area contributed by atoms with E-state index >= 15 is 0 Å². The van der Waals surface area contributed by atoms with Crippen molar-refractivity contribution < 1.29 is 14.3 Å². The minimum absolute atomic E-state index is 0.0127. The van der Waals surface area contributed by atoms with Crippen molar-refractivity contribution in [2.75, 3.05) is 0 Å². The van der Waals surface area contributed by atoms with Crippen molar-refractivity contribution in [1.82, 2.24) is 0 Å². The van der Waals surface area contributed by atoms with E-state index in [0.29, 0.717) is 0 Å². The van der Waals surface area contributed by atoms with Gasteiger partial charge in [0.05, 0.1) is 12.0 Å². The molecule has 0 amide bonds. The SMILES string of the molecule is CC(=O)C=C[C@@H]1[C@@H](C(=O)OC(C)C)C1(C)C. The lowest BCUT2D eigenvalue weighted by Crippen LogP contribution is -2.15. The van der Waals surface area contributed by atoms with Crippen LogP contribution < -0.4 is 0 Å². The van der Waals surface area contributed by atoms with Crippen molar-refractivity contribution in [2.45, 2.75) is 40.7 Å². The van der Waals surface area contributed by atoms with Gasteiger partial charge >= 0.3 is 5.97 Å². The lowest BCUT2D eigenvalue weighted by atomic mass is 10.1.